The molecule has 0 spiro atoms. The number of thiazole rings is 2. The van der Waals surface area contributed by atoms with Gasteiger partial charge in [0.1, 0.15) is 44.5 Å². The first-order valence-corrected chi connectivity index (χ1v) is 25.1. The van der Waals surface area contributed by atoms with Gasteiger partial charge in [0.05, 0.1) is 30.2 Å². The van der Waals surface area contributed by atoms with Gasteiger partial charge in [-0.2, -0.15) is 0 Å². The number of carbonyl (C=O) groups excluding carboxylic acids is 3. The van der Waals surface area contributed by atoms with E-state index in [1.165, 1.54) is 34.8 Å². The molecule has 8 N–H and O–H groups in total. The second-order valence-electron chi connectivity index (χ2n) is 16.9. The fourth-order valence-electron chi connectivity index (χ4n) is 6.85. The first kappa shape index (κ1) is 53.3. The number of benzene rings is 2. The van der Waals surface area contributed by atoms with Crippen molar-refractivity contribution in [3.05, 3.63) is 106 Å². The molecular weight excluding hydrogens is 945 g/mol. The summed E-state index contributed by atoms with van der Waals surface area (Å²) in [5.41, 5.74) is 8.78. The number of nitrogens with zero attached hydrogens (tertiary/aromatic N) is 6. The number of carboxylic acid groups (broad SMARTS) is 1. The minimum absolute atomic E-state index is 0.0675. The Hall–Kier alpha value is -7.04. The van der Waals surface area contributed by atoms with Gasteiger partial charge in [0, 0.05) is 79.1 Å². The Morgan fingerprint density at radius 3 is 1.63 bits per heavy atom. The second-order valence-corrected chi connectivity index (χ2v) is 18.6. The van der Waals surface area contributed by atoms with Crippen LogP contribution in [-0.2, 0) is 0 Å². The minimum atomic E-state index is -1.08. The molecule has 19 nitrogen and oxygen atoms in total. The average molecular weight is 1010 g/mol. The van der Waals surface area contributed by atoms with Gasteiger partial charge in [-0.1, -0.05) is 0 Å². The number of aromatic carboxylic acids is 1. The lowest BCUT2D eigenvalue weighted by atomic mass is 10.1. The summed E-state index contributed by atoms with van der Waals surface area (Å²) >= 11 is 2.75. The molecule has 376 valence electrons. The van der Waals surface area contributed by atoms with Crippen LogP contribution in [0.25, 0.3) is 21.1 Å². The maximum atomic E-state index is 13.0. The summed E-state index contributed by atoms with van der Waals surface area (Å²) < 4.78 is 11.8. The monoisotopic (exact) mass is 1010 g/mol. The molecule has 21 heteroatoms. The molecule has 0 fully saturated rings. The lowest BCUT2D eigenvalue weighted by Gasteiger charge is -2.15. The largest absolute Gasteiger partial charge is 0.491 e. The van der Waals surface area contributed by atoms with Crippen molar-refractivity contribution in [2.45, 2.75) is 38.5 Å². The molecule has 6 aromatic rings. The number of fused-ring (bicyclic) bond motifs is 12. The molecule has 2 aliphatic heterocycles. The number of pyridine rings is 2. The molecule has 8 bridgehead atoms. The maximum Gasteiger partial charge on any atom is 0.335 e. The zero-order valence-corrected chi connectivity index (χ0v) is 42.1. The van der Waals surface area contributed by atoms with Gasteiger partial charge in [0.2, 0.25) is 0 Å². The number of hydrogen-bond donors (Lipinski definition) is 7. The fourth-order valence-corrected chi connectivity index (χ4v) is 8.45. The molecule has 8 rings (SSSR count). The van der Waals surface area contributed by atoms with Gasteiger partial charge < -0.3 is 56.7 Å². The van der Waals surface area contributed by atoms with Gasteiger partial charge >= 0.3 is 5.97 Å². The van der Waals surface area contributed by atoms with E-state index < -0.39 is 11.9 Å². The lowest BCUT2D eigenvalue weighted by molar-refractivity contribution is 0.0696. The van der Waals surface area contributed by atoms with Gasteiger partial charge in [-0.15, -0.1) is 22.7 Å². The molecule has 0 aliphatic carbocycles. The molecule has 6 heterocycles. The third kappa shape index (κ3) is 16.8. The van der Waals surface area contributed by atoms with Crippen LogP contribution >= 0.6 is 22.7 Å². The highest BCUT2D eigenvalue weighted by Gasteiger charge is 2.19. The number of likely N-dealkylation sites (N-methyl/N-ethyl adjacent to an activating group) is 2. The van der Waals surface area contributed by atoms with Gasteiger partial charge in [0.25, 0.3) is 17.7 Å². The van der Waals surface area contributed by atoms with E-state index in [2.05, 4.69) is 51.4 Å². The van der Waals surface area contributed by atoms with Gasteiger partial charge in [-0.25, -0.2) is 24.7 Å². The lowest BCUT2D eigenvalue weighted by Crippen LogP contribution is -2.31. The summed E-state index contributed by atoms with van der Waals surface area (Å²) in [7, 11) is 7.91. The molecule has 0 radical (unpaired) electrons. The number of rotatable bonds is 7. The Bertz CT molecular complexity index is 2710. The number of anilines is 4. The average Bonchev–Trinajstić information content (AvgIpc) is 4.06. The van der Waals surface area contributed by atoms with Crippen molar-refractivity contribution in [1.29, 1.82) is 0 Å². The van der Waals surface area contributed by atoms with Crippen molar-refractivity contribution in [2.75, 3.05) is 102 Å². The zero-order chi connectivity index (χ0) is 50.5. The van der Waals surface area contributed by atoms with Crippen LogP contribution in [-0.4, -0.2) is 139 Å². The van der Waals surface area contributed by atoms with E-state index in [0.717, 1.165) is 99.0 Å². The van der Waals surface area contributed by atoms with Crippen molar-refractivity contribution >= 4 is 69.4 Å². The molecule has 4 aromatic heterocycles. The number of hydrogen-bond acceptors (Lipinski definition) is 17. The Labute approximate surface area is 421 Å². The highest BCUT2D eigenvalue weighted by Crippen LogP contribution is 2.31. The molecule has 0 saturated heterocycles. The predicted octanol–water partition coefficient (Wildman–Crippen LogP) is 7.36. The van der Waals surface area contributed by atoms with Gasteiger partial charge in [-0.3, -0.25) is 14.4 Å². The molecular formula is C50H62N12O7S2. The van der Waals surface area contributed by atoms with Gasteiger partial charge in [-0.05, 0) is 127 Å². The Kier molecular flexibility index (Phi) is 20.6. The summed E-state index contributed by atoms with van der Waals surface area (Å²) in [5.74, 6) is 0.437. The molecule has 2 aromatic carbocycles. The number of carboxylic acids is 1. The molecule has 0 atom stereocenters. The molecule has 0 saturated carbocycles. The van der Waals surface area contributed by atoms with Crippen LogP contribution in [0.4, 0.5) is 23.0 Å². The number of nitrogens with one attached hydrogen (secondary N) is 5. The van der Waals surface area contributed by atoms with Crippen LogP contribution in [0.5, 0.6) is 11.5 Å². The Balaban J connectivity index is 0.000000210. The van der Waals surface area contributed by atoms with Crippen LogP contribution in [0.3, 0.4) is 0 Å². The molecule has 2 aliphatic rings. The summed E-state index contributed by atoms with van der Waals surface area (Å²) in [5, 5.41) is 29.3. The molecule has 3 amide bonds. The van der Waals surface area contributed by atoms with Crippen LogP contribution in [0.1, 0.15) is 80.2 Å². The quantitative estimate of drug-likeness (QED) is 0.0825. The van der Waals surface area contributed by atoms with E-state index in [1.807, 2.05) is 57.4 Å². The van der Waals surface area contributed by atoms with Crippen LogP contribution in [0.2, 0.25) is 0 Å². The molecule has 0 unspecified atom stereocenters. The number of carbonyl (C=O) groups is 4. The van der Waals surface area contributed by atoms with Crippen LogP contribution in [0.15, 0.2) is 83.8 Å². The third-order valence-electron chi connectivity index (χ3n) is 10.6. The van der Waals surface area contributed by atoms with E-state index in [0.29, 0.717) is 58.9 Å². The minimum Gasteiger partial charge on any atom is -0.491 e. The Morgan fingerprint density at radius 2 is 1.17 bits per heavy atom. The SMILES string of the molecule is CN(C)CCN.CN(C)CCNC(=O)c1ccc2c(c1)NC(=O)c1csc(n1)-c1ccnc(c1)NCCCCCO2.O=C(O)c1ccc2c(c1)NC(=O)c1csc(n1)-c1ccnc(c1)NCCCCCO2. The highest BCUT2D eigenvalue weighted by molar-refractivity contribution is 7.13. The molecule has 71 heavy (non-hydrogen) atoms. The summed E-state index contributed by atoms with van der Waals surface area (Å²) in [4.78, 5) is 71.5. The van der Waals surface area contributed by atoms with Gasteiger partial charge in [0.15, 0.2) is 0 Å². The van der Waals surface area contributed by atoms with E-state index in [9.17, 15) is 24.3 Å². The number of amides is 3. The predicted molar refractivity (Wildman–Crippen MR) is 281 cm³/mol. The number of ether oxygens (including phenoxy) is 2. The zero-order valence-electron chi connectivity index (χ0n) is 40.5. The van der Waals surface area contributed by atoms with Crippen molar-refractivity contribution in [1.82, 2.24) is 35.1 Å². The first-order chi connectivity index (χ1) is 34.4. The van der Waals surface area contributed by atoms with E-state index in [4.69, 9.17) is 15.2 Å². The number of nitrogens with two attached hydrogens (primary N) is 1. The standard InChI is InChI=1S/C25H30N6O3S.C21H20N4O4S.C4H12N2/c1-31(2)12-11-28-23(32)17-6-7-21-19(14-17)29-24(33)20-16-35-25(30-20)18-8-10-27-22(15-18)26-9-4-3-5-13-34-21;26-19-16-12-30-20(25-16)13-6-8-23-18(11-13)22-7-2-1-3-9-29-17-5-4-14(21(27)28)10-15(17)24-19;1-6(2)4-3-5/h6-8,10,14-16H,3-5,9,11-13H2,1-2H3,(H,26,27)(H,28,32)(H,29,33);4-6,8,10-12H,1-3,7,9H2,(H,22,23)(H,24,26)(H,27,28);3-5H2,1-2H3. The van der Waals surface area contributed by atoms with Crippen LogP contribution in [0, 0.1) is 0 Å². The summed E-state index contributed by atoms with van der Waals surface area (Å²) in [6.45, 7) is 5.57. The van der Waals surface area contributed by atoms with Crippen molar-refractivity contribution < 1.29 is 33.8 Å². The van der Waals surface area contributed by atoms with E-state index in [-0.39, 0.29) is 23.1 Å². The normalized spacial score (nSPS) is 14.0. The summed E-state index contributed by atoms with van der Waals surface area (Å²) in [6.07, 6.45) is 9.02. The van der Waals surface area contributed by atoms with E-state index in [1.54, 1.807) is 47.4 Å². The smallest absolute Gasteiger partial charge is 0.335 e. The highest BCUT2D eigenvalue weighted by atomic mass is 32.1. The second kappa shape index (κ2) is 27.4. The van der Waals surface area contributed by atoms with Crippen molar-refractivity contribution in [3.8, 4) is 32.6 Å². The fraction of sp³-hybridized carbons (Fsp3) is 0.360. The first-order valence-electron chi connectivity index (χ1n) is 23.4. The van der Waals surface area contributed by atoms with Crippen molar-refractivity contribution in [2.24, 2.45) is 5.73 Å². The van der Waals surface area contributed by atoms with Crippen LogP contribution < -0.4 is 41.8 Å². The number of aromatic nitrogens is 4. The Morgan fingerprint density at radius 1 is 0.676 bits per heavy atom. The van der Waals surface area contributed by atoms with E-state index >= 15 is 0 Å². The topological polar surface area (TPSA) is 251 Å². The summed E-state index contributed by atoms with van der Waals surface area (Å²) in [6, 6.07) is 17.1. The maximum absolute atomic E-state index is 13.0. The van der Waals surface area contributed by atoms with Crippen molar-refractivity contribution in [3.63, 3.8) is 0 Å². The third-order valence-corrected chi connectivity index (χ3v) is 12.4.